The number of hydrogen-bond donors (Lipinski definition) is 2. The van der Waals surface area contributed by atoms with Crippen LogP contribution in [-0.2, 0) is 14.8 Å². The fourth-order valence-corrected chi connectivity index (χ4v) is 5.34. The Kier molecular flexibility index (Phi) is 6.35. The first-order chi connectivity index (χ1) is 13.7. The van der Waals surface area contributed by atoms with Crippen LogP contribution in [0.2, 0.25) is 0 Å². The van der Waals surface area contributed by atoms with Gasteiger partial charge in [0.25, 0.3) is 0 Å². The normalized spacial score (nSPS) is 19.1. The van der Waals surface area contributed by atoms with E-state index in [9.17, 15) is 22.7 Å². The first-order valence-corrected chi connectivity index (χ1v) is 10.8. The summed E-state index contributed by atoms with van der Waals surface area (Å²) in [6, 6.07) is 5.52. The van der Waals surface area contributed by atoms with Gasteiger partial charge in [-0.25, -0.2) is 12.8 Å². The first-order valence-electron chi connectivity index (χ1n) is 9.34. The highest BCUT2D eigenvalue weighted by atomic mass is 32.2. The van der Waals surface area contributed by atoms with Gasteiger partial charge in [0.2, 0.25) is 15.9 Å². The maximum absolute atomic E-state index is 13.3. The Labute approximate surface area is 168 Å². The van der Waals surface area contributed by atoms with Crippen LogP contribution in [0.1, 0.15) is 36.0 Å². The molecule has 0 radical (unpaired) electrons. The summed E-state index contributed by atoms with van der Waals surface area (Å²) in [5.74, 6) is -1.15. The van der Waals surface area contributed by atoms with Crippen LogP contribution in [0.5, 0.6) is 0 Å². The quantitative estimate of drug-likeness (QED) is 0.728. The van der Waals surface area contributed by atoms with Crippen LogP contribution in [0, 0.1) is 25.6 Å². The highest BCUT2D eigenvalue weighted by Crippen LogP contribution is 2.27. The number of piperidine rings is 1. The van der Waals surface area contributed by atoms with E-state index in [4.69, 9.17) is 4.52 Å². The summed E-state index contributed by atoms with van der Waals surface area (Å²) >= 11 is 0. The van der Waals surface area contributed by atoms with Gasteiger partial charge in [-0.1, -0.05) is 17.3 Å². The third kappa shape index (κ3) is 4.65. The molecule has 0 aliphatic carbocycles. The monoisotopic (exact) mass is 425 g/mol. The fourth-order valence-electron chi connectivity index (χ4n) is 3.52. The molecule has 1 amide bonds. The number of aryl methyl sites for hydroxylation is 2. The van der Waals surface area contributed by atoms with E-state index in [0.29, 0.717) is 24.9 Å². The van der Waals surface area contributed by atoms with Crippen LogP contribution in [0.3, 0.4) is 0 Å². The zero-order valence-electron chi connectivity index (χ0n) is 16.3. The third-order valence-electron chi connectivity index (χ3n) is 5.02. The van der Waals surface area contributed by atoms with Crippen LogP contribution in [0.25, 0.3) is 0 Å². The molecule has 1 saturated heterocycles. The molecule has 1 aliphatic rings. The number of aliphatic hydroxyl groups excluding tert-OH is 1. The Hall–Kier alpha value is -2.30. The van der Waals surface area contributed by atoms with Gasteiger partial charge in [0.05, 0.1) is 12.0 Å². The maximum Gasteiger partial charge on any atom is 0.248 e. The number of benzene rings is 1. The van der Waals surface area contributed by atoms with E-state index in [-0.39, 0.29) is 35.3 Å². The van der Waals surface area contributed by atoms with Crippen LogP contribution in [0.15, 0.2) is 33.7 Å². The van der Waals surface area contributed by atoms with Gasteiger partial charge in [0.1, 0.15) is 16.4 Å². The largest absolute Gasteiger partial charge is 0.387 e. The van der Waals surface area contributed by atoms with E-state index in [1.807, 2.05) is 0 Å². The molecule has 0 spiro atoms. The highest BCUT2D eigenvalue weighted by Gasteiger charge is 2.36. The number of sulfonamides is 1. The Bertz CT molecular complexity index is 972. The number of aromatic nitrogens is 1. The van der Waals surface area contributed by atoms with E-state index in [0.717, 1.165) is 0 Å². The number of amides is 1. The first kappa shape index (κ1) is 21.4. The molecule has 1 aliphatic heterocycles. The zero-order valence-corrected chi connectivity index (χ0v) is 17.1. The minimum Gasteiger partial charge on any atom is -0.387 e. The second-order valence-corrected chi connectivity index (χ2v) is 9.05. The fraction of sp³-hybridized carbons (Fsp3) is 0.474. The Morgan fingerprint density at radius 3 is 2.86 bits per heavy atom. The average molecular weight is 425 g/mol. The molecule has 1 aromatic carbocycles. The number of carbonyl (C=O) groups is 1. The second-order valence-electron chi connectivity index (χ2n) is 7.17. The van der Waals surface area contributed by atoms with Crippen LogP contribution < -0.4 is 5.32 Å². The van der Waals surface area contributed by atoms with Gasteiger partial charge in [-0.05, 0) is 44.4 Å². The number of nitrogens with zero attached hydrogens (tertiary/aromatic N) is 2. The maximum atomic E-state index is 13.3. The second kappa shape index (κ2) is 8.60. The number of hydrogen-bond acceptors (Lipinski definition) is 6. The van der Waals surface area contributed by atoms with Crippen LogP contribution in [-0.4, -0.2) is 48.5 Å². The molecule has 2 atom stereocenters. The number of nitrogens with one attached hydrogen (secondary N) is 1. The zero-order chi connectivity index (χ0) is 21.2. The average Bonchev–Trinajstić information content (AvgIpc) is 3.04. The molecule has 2 heterocycles. The molecule has 3 rings (SSSR count). The van der Waals surface area contributed by atoms with Gasteiger partial charge >= 0.3 is 0 Å². The summed E-state index contributed by atoms with van der Waals surface area (Å²) < 4.78 is 45.4. The van der Waals surface area contributed by atoms with E-state index >= 15 is 0 Å². The summed E-state index contributed by atoms with van der Waals surface area (Å²) in [7, 11) is -3.82. The number of halogens is 1. The van der Waals surface area contributed by atoms with Crippen molar-refractivity contribution < 1.29 is 27.2 Å². The summed E-state index contributed by atoms with van der Waals surface area (Å²) in [5.41, 5.74) is 0.642. The molecular formula is C19H24FN3O5S. The summed E-state index contributed by atoms with van der Waals surface area (Å²) in [5, 5.41) is 16.5. The van der Waals surface area contributed by atoms with Crippen molar-refractivity contribution in [3.05, 3.63) is 47.1 Å². The number of aliphatic hydroxyl groups is 1. The summed E-state index contributed by atoms with van der Waals surface area (Å²) in [4.78, 5) is 12.6. The van der Waals surface area contributed by atoms with Gasteiger partial charge in [0, 0.05) is 19.6 Å². The van der Waals surface area contributed by atoms with Crippen molar-refractivity contribution in [2.24, 2.45) is 5.92 Å². The van der Waals surface area contributed by atoms with E-state index in [1.54, 1.807) is 13.0 Å². The molecular weight excluding hydrogens is 401 g/mol. The minimum atomic E-state index is -3.82. The van der Waals surface area contributed by atoms with Crippen molar-refractivity contribution in [1.82, 2.24) is 14.8 Å². The predicted octanol–water partition coefficient (Wildman–Crippen LogP) is 1.68. The Balaban J connectivity index is 1.64. The summed E-state index contributed by atoms with van der Waals surface area (Å²) in [6.07, 6.45) is 0.0169. The molecule has 2 unspecified atom stereocenters. The van der Waals surface area contributed by atoms with Crippen molar-refractivity contribution in [2.45, 2.75) is 37.7 Å². The SMILES string of the molecule is Cc1noc(C)c1S(=O)(=O)N1CCCC(C(=O)NCC(O)c2cccc(F)c2)C1. The third-order valence-corrected chi connectivity index (χ3v) is 7.13. The molecule has 10 heteroatoms. The molecule has 1 aromatic heterocycles. The van der Waals surface area contributed by atoms with Crippen LogP contribution in [0.4, 0.5) is 4.39 Å². The molecule has 29 heavy (non-hydrogen) atoms. The number of rotatable bonds is 6. The van der Waals surface area contributed by atoms with Gasteiger partial charge < -0.3 is 14.9 Å². The summed E-state index contributed by atoms with van der Waals surface area (Å²) in [6.45, 7) is 3.35. The van der Waals surface area contributed by atoms with Crippen molar-refractivity contribution >= 4 is 15.9 Å². The lowest BCUT2D eigenvalue weighted by atomic mass is 9.98. The van der Waals surface area contributed by atoms with Crippen LogP contribution >= 0.6 is 0 Å². The lowest BCUT2D eigenvalue weighted by Gasteiger charge is -2.31. The lowest BCUT2D eigenvalue weighted by Crippen LogP contribution is -2.46. The highest BCUT2D eigenvalue weighted by molar-refractivity contribution is 7.89. The molecule has 2 N–H and O–H groups in total. The molecule has 0 bridgehead atoms. The van der Waals surface area contributed by atoms with Gasteiger partial charge in [-0.2, -0.15) is 4.31 Å². The lowest BCUT2D eigenvalue weighted by molar-refractivity contribution is -0.126. The number of carbonyl (C=O) groups excluding carboxylic acids is 1. The predicted molar refractivity (Wildman–Crippen MR) is 102 cm³/mol. The smallest absolute Gasteiger partial charge is 0.248 e. The molecule has 8 nitrogen and oxygen atoms in total. The minimum absolute atomic E-state index is 0.0360. The Morgan fingerprint density at radius 1 is 1.45 bits per heavy atom. The van der Waals surface area contributed by atoms with E-state index < -0.39 is 27.9 Å². The van der Waals surface area contributed by atoms with Gasteiger partial charge in [-0.3, -0.25) is 4.79 Å². The van der Waals surface area contributed by atoms with Crippen molar-refractivity contribution in [3.63, 3.8) is 0 Å². The Morgan fingerprint density at radius 2 is 2.21 bits per heavy atom. The molecule has 2 aromatic rings. The molecule has 0 saturated carbocycles. The topological polar surface area (TPSA) is 113 Å². The molecule has 158 valence electrons. The van der Waals surface area contributed by atoms with Crippen molar-refractivity contribution in [1.29, 1.82) is 0 Å². The van der Waals surface area contributed by atoms with E-state index in [1.165, 1.54) is 29.4 Å². The van der Waals surface area contributed by atoms with Crippen molar-refractivity contribution in [2.75, 3.05) is 19.6 Å². The standard InChI is InChI=1S/C19H24FN3O5S/c1-12-18(13(2)28-22-12)29(26,27)23-8-4-6-15(11-23)19(25)21-10-17(24)14-5-3-7-16(20)9-14/h3,5,7,9,15,17,24H,4,6,8,10-11H2,1-2H3,(H,21,25). The van der Waals surface area contributed by atoms with Crippen molar-refractivity contribution in [3.8, 4) is 0 Å². The molecule has 1 fully saturated rings. The van der Waals surface area contributed by atoms with Gasteiger partial charge in [0.15, 0.2) is 5.76 Å². The van der Waals surface area contributed by atoms with E-state index in [2.05, 4.69) is 10.5 Å². The van der Waals surface area contributed by atoms with Gasteiger partial charge in [-0.15, -0.1) is 0 Å².